The summed E-state index contributed by atoms with van der Waals surface area (Å²) in [6.45, 7) is 6.03. The zero-order valence-corrected chi connectivity index (χ0v) is 11.7. The fourth-order valence-corrected chi connectivity index (χ4v) is 1.62. The first-order chi connectivity index (χ1) is 8.39. The molecule has 18 heavy (non-hydrogen) atoms. The Morgan fingerprint density at radius 2 is 1.61 bits per heavy atom. The molecule has 0 spiro atoms. The van der Waals surface area contributed by atoms with Crippen LogP contribution in [0.4, 0.5) is 0 Å². The number of rotatable bonds is 5. The molecule has 1 N–H and O–H groups in total. The number of hydrogen-bond donors (Lipinski definition) is 1. The van der Waals surface area contributed by atoms with E-state index in [0.29, 0.717) is 17.1 Å². The molecule has 0 heterocycles. The van der Waals surface area contributed by atoms with E-state index in [1.807, 2.05) is 26.8 Å². The van der Waals surface area contributed by atoms with Gasteiger partial charge < -0.3 is 19.3 Å². The summed E-state index contributed by atoms with van der Waals surface area (Å²) in [5.74, 6) is 1.19. The molecule has 0 saturated carbocycles. The van der Waals surface area contributed by atoms with Crippen molar-refractivity contribution in [3.63, 3.8) is 0 Å². The van der Waals surface area contributed by atoms with Crippen molar-refractivity contribution in [1.82, 2.24) is 0 Å². The molecule has 0 amide bonds. The van der Waals surface area contributed by atoms with Crippen LogP contribution in [0.25, 0.3) is 0 Å². The SMILES string of the molecule is COc1cccc(OC)c1C(O)COC(C)(C)C. The van der Waals surface area contributed by atoms with Gasteiger partial charge in [-0.25, -0.2) is 0 Å². The lowest BCUT2D eigenvalue weighted by atomic mass is 10.1. The van der Waals surface area contributed by atoms with Gasteiger partial charge in [-0.2, -0.15) is 0 Å². The summed E-state index contributed by atoms with van der Waals surface area (Å²) < 4.78 is 16.1. The molecule has 1 rings (SSSR count). The molecule has 1 aromatic rings. The fraction of sp³-hybridized carbons (Fsp3) is 0.571. The smallest absolute Gasteiger partial charge is 0.128 e. The summed E-state index contributed by atoms with van der Waals surface area (Å²) in [7, 11) is 3.13. The largest absolute Gasteiger partial charge is 0.496 e. The van der Waals surface area contributed by atoms with E-state index in [9.17, 15) is 5.11 Å². The molecule has 0 bridgehead atoms. The average Bonchev–Trinajstić information content (AvgIpc) is 2.33. The number of aliphatic hydroxyl groups is 1. The van der Waals surface area contributed by atoms with E-state index in [1.165, 1.54) is 0 Å². The minimum atomic E-state index is -0.782. The third-order valence-corrected chi connectivity index (χ3v) is 2.47. The summed E-state index contributed by atoms with van der Waals surface area (Å²) in [6.07, 6.45) is -0.782. The molecular weight excluding hydrogens is 232 g/mol. The molecule has 102 valence electrons. The Hall–Kier alpha value is -1.26. The molecular formula is C14H22O4. The van der Waals surface area contributed by atoms with Crippen molar-refractivity contribution in [1.29, 1.82) is 0 Å². The number of methoxy groups -OCH3 is 2. The molecule has 1 unspecified atom stereocenters. The molecule has 0 fully saturated rings. The summed E-state index contributed by atoms with van der Waals surface area (Å²) in [4.78, 5) is 0. The molecule has 0 saturated heterocycles. The lowest BCUT2D eigenvalue weighted by Gasteiger charge is -2.23. The van der Waals surface area contributed by atoms with Gasteiger partial charge in [0.15, 0.2) is 0 Å². The van der Waals surface area contributed by atoms with Crippen molar-refractivity contribution in [3.8, 4) is 11.5 Å². The number of aliphatic hydroxyl groups excluding tert-OH is 1. The highest BCUT2D eigenvalue weighted by Crippen LogP contribution is 2.34. The molecule has 0 aromatic heterocycles. The predicted octanol–water partition coefficient (Wildman–Crippen LogP) is 2.55. The second kappa shape index (κ2) is 6.07. The quantitative estimate of drug-likeness (QED) is 0.877. The monoisotopic (exact) mass is 254 g/mol. The van der Waals surface area contributed by atoms with Gasteiger partial charge in [-0.1, -0.05) is 6.07 Å². The first-order valence-electron chi connectivity index (χ1n) is 5.92. The fourth-order valence-electron chi connectivity index (χ4n) is 1.62. The Balaban J connectivity index is 2.92. The maximum absolute atomic E-state index is 10.2. The van der Waals surface area contributed by atoms with Gasteiger partial charge in [0.1, 0.15) is 17.6 Å². The van der Waals surface area contributed by atoms with E-state index >= 15 is 0 Å². The third kappa shape index (κ3) is 3.89. The molecule has 4 heteroatoms. The van der Waals surface area contributed by atoms with E-state index in [2.05, 4.69) is 0 Å². The highest BCUT2D eigenvalue weighted by atomic mass is 16.5. The second-order valence-corrected chi connectivity index (χ2v) is 5.02. The van der Waals surface area contributed by atoms with Crippen molar-refractivity contribution in [2.75, 3.05) is 20.8 Å². The van der Waals surface area contributed by atoms with Crippen LogP contribution in [0, 0.1) is 0 Å². The van der Waals surface area contributed by atoms with Crippen LogP contribution in [0.15, 0.2) is 18.2 Å². The Kier molecular flexibility index (Phi) is 4.99. The normalized spacial score (nSPS) is 13.2. The highest BCUT2D eigenvalue weighted by Gasteiger charge is 2.21. The van der Waals surface area contributed by atoms with Crippen LogP contribution in [0.2, 0.25) is 0 Å². The number of ether oxygens (including phenoxy) is 3. The summed E-state index contributed by atoms with van der Waals surface area (Å²) >= 11 is 0. The van der Waals surface area contributed by atoms with E-state index in [0.717, 1.165) is 0 Å². The zero-order valence-electron chi connectivity index (χ0n) is 11.7. The van der Waals surface area contributed by atoms with Gasteiger partial charge in [-0.3, -0.25) is 0 Å². The van der Waals surface area contributed by atoms with Crippen LogP contribution in [-0.2, 0) is 4.74 Å². The second-order valence-electron chi connectivity index (χ2n) is 5.02. The van der Waals surface area contributed by atoms with Crippen molar-refractivity contribution < 1.29 is 19.3 Å². The first kappa shape index (κ1) is 14.8. The molecule has 1 atom stereocenters. The first-order valence-corrected chi connectivity index (χ1v) is 5.92. The average molecular weight is 254 g/mol. The summed E-state index contributed by atoms with van der Waals surface area (Å²) in [5.41, 5.74) is 0.322. The van der Waals surface area contributed by atoms with E-state index in [-0.39, 0.29) is 12.2 Å². The Labute approximate surface area is 108 Å². The maximum atomic E-state index is 10.2. The van der Waals surface area contributed by atoms with Crippen molar-refractivity contribution in [2.24, 2.45) is 0 Å². The zero-order chi connectivity index (χ0) is 13.8. The van der Waals surface area contributed by atoms with Gasteiger partial charge in [-0.05, 0) is 32.9 Å². The minimum Gasteiger partial charge on any atom is -0.496 e. The molecule has 0 aliphatic carbocycles. The van der Waals surface area contributed by atoms with Gasteiger partial charge in [0.25, 0.3) is 0 Å². The number of hydrogen-bond acceptors (Lipinski definition) is 4. The summed E-state index contributed by atoms with van der Waals surface area (Å²) in [6, 6.07) is 5.40. The van der Waals surface area contributed by atoms with E-state index in [1.54, 1.807) is 26.4 Å². The van der Waals surface area contributed by atoms with E-state index < -0.39 is 6.10 Å². The molecule has 0 aliphatic heterocycles. The minimum absolute atomic E-state index is 0.195. The molecule has 1 aromatic carbocycles. The predicted molar refractivity (Wildman–Crippen MR) is 70.2 cm³/mol. The summed E-state index contributed by atoms with van der Waals surface area (Å²) in [5, 5.41) is 10.2. The van der Waals surface area contributed by atoms with Gasteiger partial charge >= 0.3 is 0 Å². The standard InChI is InChI=1S/C14H22O4/c1-14(2,3)18-9-10(15)13-11(16-4)7-6-8-12(13)17-5/h6-8,10,15H,9H2,1-5H3. The molecule has 0 aliphatic rings. The van der Waals surface area contributed by atoms with Crippen molar-refractivity contribution in [2.45, 2.75) is 32.5 Å². The van der Waals surface area contributed by atoms with Crippen LogP contribution >= 0.6 is 0 Å². The van der Waals surface area contributed by atoms with Gasteiger partial charge in [0.05, 0.1) is 32.0 Å². The lowest BCUT2D eigenvalue weighted by molar-refractivity contribution is -0.0505. The van der Waals surface area contributed by atoms with Crippen LogP contribution in [0.3, 0.4) is 0 Å². The molecule has 4 nitrogen and oxygen atoms in total. The third-order valence-electron chi connectivity index (χ3n) is 2.47. The van der Waals surface area contributed by atoms with Gasteiger partial charge in [0.2, 0.25) is 0 Å². The van der Waals surface area contributed by atoms with Crippen LogP contribution in [0.5, 0.6) is 11.5 Å². The van der Waals surface area contributed by atoms with Crippen LogP contribution in [-0.4, -0.2) is 31.5 Å². The van der Waals surface area contributed by atoms with Crippen molar-refractivity contribution >= 4 is 0 Å². The molecule has 0 radical (unpaired) electrons. The Morgan fingerprint density at radius 1 is 1.11 bits per heavy atom. The van der Waals surface area contributed by atoms with Crippen molar-refractivity contribution in [3.05, 3.63) is 23.8 Å². The maximum Gasteiger partial charge on any atom is 0.128 e. The van der Waals surface area contributed by atoms with Crippen LogP contribution < -0.4 is 9.47 Å². The topological polar surface area (TPSA) is 47.9 Å². The van der Waals surface area contributed by atoms with E-state index in [4.69, 9.17) is 14.2 Å². The number of benzene rings is 1. The van der Waals surface area contributed by atoms with Gasteiger partial charge in [-0.15, -0.1) is 0 Å². The Bertz CT molecular complexity index is 360. The lowest BCUT2D eigenvalue weighted by Crippen LogP contribution is -2.23. The Morgan fingerprint density at radius 3 is 2.00 bits per heavy atom. The van der Waals surface area contributed by atoms with Crippen LogP contribution in [0.1, 0.15) is 32.4 Å². The van der Waals surface area contributed by atoms with Gasteiger partial charge in [0, 0.05) is 0 Å². The highest BCUT2D eigenvalue weighted by molar-refractivity contribution is 5.46.